The molecule has 8 rings (SSSR count). The summed E-state index contributed by atoms with van der Waals surface area (Å²) in [7, 11) is 4.19. The fourth-order valence-corrected chi connectivity index (χ4v) is 10.9. The number of halogens is 4. The van der Waals surface area contributed by atoms with Crippen LogP contribution in [0, 0.1) is 0 Å². The van der Waals surface area contributed by atoms with Gasteiger partial charge in [-0.25, -0.2) is 19.9 Å². The lowest BCUT2D eigenvalue weighted by atomic mass is 9.84. The first-order valence-electron chi connectivity index (χ1n) is 26.2. The third-order valence-corrected chi connectivity index (χ3v) is 14.8. The van der Waals surface area contributed by atoms with Gasteiger partial charge < -0.3 is 49.6 Å². The smallest absolute Gasteiger partial charge is 0.252 e. The van der Waals surface area contributed by atoms with E-state index >= 15 is 0 Å². The molecular weight excluding hydrogens is 1080 g/mol. The van der Waals surface area contributed by atoms with Crippen LogP contribution in [0.25, 0.3) is 22.5 Å². The van der Waals surface area contributed by atoms with Gasteiger partial charge >= 0.3 is 0 Å². The first kappa shape index (κ1) is 59.0. The largest absolute Gasteiger partial charge is 0.382 e. The van der Waals surface area contributed by atoms with E-state index in [-0.39, 0.29) is 38.0 Å². The second kappa shape index (κ2) is 29.3. The Hall–Kier alpha value is -5.18. The number of nitrogens with one attached hydrogen (secondary N) is 2. The molecule has 20 heteroatoms. The molecular formula is C58H66Cl4N8O8. The molecule has 414 valence electrons. The number of nitrogens with zero attached hydrogens (tertiary/aromatic N) is 6. The molecule has 0 spiro atoms. The number of amides is 1. The molecule has 16 nitrogen and oxygen atoms in total. The van der Waals surface area contributed by atoms with Gasteiger partial charge in [-0.05, 0) is 109 Å². The average Bonchev–Trinajstić information content (AvgIpc) is 3.47. The van der Waals surface area contributed by atoms with E-state index in [1.54, 1.807) is 12.4 Å². The molecule has 0 saturated carbocycles. The Morgan fingerprint density at radius 1 is 0.615 bits per heavy atom. The van der Waals surface area contributed by atoms with Gasteiger partial charge in [-0.15, -0.1) is 0 Å². The van der Waals surface area contributed by atoms with Crippen LogP contribution in [0.3, 0.4) is 0 Å². The van der Waals surface area contributed by atoms with Gasteiger partial charge in [0.05, 0.1) is 51.0 Å². The van der Waals surface area contributed by atoms with E-state index in [0.717, 1.165) is 88.6 Å². The number of likely N-dealkylation sites (N-methyl/N-ethyl adjacent to an activating group) is 2. The molecule has 0 radical (unpaired) electrons. The van der Waals surface area contributed by atoms with Gasteiger partial charge in [-0.1, -0.05) is 82.8 Å². The monoisotopic (exact) mass is 1140 g/mol. The predicted molar refractivity (Wildman–Crippen MR) is 304 cm³/mol. The summed E-state index contributed by atoms with van der Waals surface area (Å²) in [6.07, 6.45) is 1.04. The average molecular weight is 1150 g/mol. The molecule has 4 aromatic carbocycles. The number of Topliss-reactive ketones (excluding diaryl/α,β-unsaturated/α-hetero) is 1. The van der Waals surface area contributed by atoms with Gasteiger partial charge in [0.25, 0.3) is 5.91 Å². The van der Waals surface area contributed by atoms with E-state index in [0.29, 0.717) is 84.9 Å². The third kappa shape index (κ3) is 16.5. The number of rotatable bonds is 28. The Bertz CT molecular complexity index is 2780. The molecule has 0 bridgehead atoms. The minimum Gasteiger partial charge on any atom is -0.382 e. The maximum Gasteiger partial charge on any atom is 0.252 e. The van der Waals surface area contributed by atoms with E-state index in [4.69, 9.17) is 65.4 Å². The molecule has 0 aliphatic carbocycles. The number of aryl methyl sites for hydroxylation is 1. The summed E-state index contributed by atoms with van der Waals surface area (Å²) in [5, 5.41) is 29.0. The van der Waals surface area contributed by atoms with Crippen molar-refractivity contribution in [3.05, 3.63) is 157 Å². The molecule has 4 N–H and O–H groups in total. The standard InChI is InChI=1S/C58H66Cl4N8O8/c1-69-31-46(44-25-41(59)27-50(61)48(44)33-69)37-7-3-9-39(23-37)52-29-43(65-35-66-52)11-5-15-75-19-22-78-18-14-64-58(74)57(73)56(72)54(71)12-6-16-76-20-21-77-17-13-63-55-30-53(67-36-68-55)40-10-4-8-38(24-40)47-32-70(2)34-49-45(47)26-42(60)28-51(49)62/h3-4,7-10,23-30,35-36,46-47,56-57,72-73H,5-6,11-22,31-34H2,1-2H3,(H,64,74)(H,63,67,68)/t46-,47-,56-,57+/m0/s1. The van der Waals surface area contributed by atoms with E-state index in [1.807, 2.05) is 42.5 Å². The number of aromatic nitrogens is 4. The SMILES string of the molecule is CN1Cc2c(Cl)cc(Cl)cc2[C@H](c2cccc(-c3cc(CCCOCCOCCNC(=O)[C@H](O)[C@@H](O)C(=O)CCCOCCOCCNc4cc(-c5cccc([C@@H]6CN(C)Cc7c(Cl)cc(Cl)cc76)c5)ncn4)ncn3)c2)C1. The first-order chi connectivity index (χ1) is 37.8. The summed E-state index contributed by atoms with van der Waals surface area (Å²) in [6.45, 7) is 6.39. The number of carbonyl (C=O) groups is 2. The van der Waals surface area contributed by atoms with E-state index < -0.39 is 23.9 Å². The van der Waals surface area contributed by atoms with Crippen LogP contribution in [0.5, 0.6) is 0 Å². The second-order valence-corrected chi connectivity index (χ2v) is 21.3. The van der Waals surface area contributed by atoms with Crippen LogP contribution in [0.15, 0.2) is 97.6 Å². The summed E-state index contributed by atoms with van der Waals surface area (Å²) in [5.41, 5.74) is 11.3. The first-order valence-corrected chi connectivity index (χ1v) is 27.7. The normalized spacial score (nSPS) is 16.3. The van der Waals surface area contributed by atoms with Crippen LogP contribution in [0.4, 0.5) is 5.82 Å². The molecule has 4 heterocycles. The van der Waals surface area contributed by atoms with Crippen molar-refractivity contribution < 1.29 is 38.7 Å². The molecule has 0 fully saturated rings. The summed E-state index contributed by atoms with van der Waals surface area (Å²) in [5.74, 6) is -0.634. The highest BCUT2D eigenvalue weighted by Gasteiger charge is 2.31. The minimum atomic E-state index is -1.91. The quantitative estimate of drug-likeness (QED) is 0.0341. The van der Waals surface area contributed by atoms with Crippen molar-refractivity contribution in [3.63, 3.8) is 0 Å². The number of aliphatic hydroxyl groups excluding tert-OH is 2. The van der Waals surface area contributed by atoms with Crippen molar-refractivity contribution in [2.75, 3.05) is 98.4 Å². The zero-order valence-corrected chi connectivity index (χ0v) is 46.8. The molecule has 0 unspecified atom stereocenters. The van der Waals surface area contributed by atoms with E-state index in [1.165, 1.54) is 11.9 Å². The Morgan fingerprint density at radius 3 is 1.73 bits per heavy atom. The van der Waals surface area contributed by atoms with Gasteiger partial charge in [0, 0.05) is 114 Å². The highest BCUT2D eigenvalue weighted by Crippen LogP contribution is 2.41. The van der Waals surface area contributed by atoms with Gasteiger partial charge in [0.1, 0.15) is 24.6 Å². The molecule has 78 heavy (non-hydrogen) atoms. The molecule has 6 aromatic rings. The summed E-state index contributed by atoms with van der Waals surface area (Å²) in [4.78, 5) is 47.4. The number of hydrogen-bond donors (Lipinski definition) is 4. The Morgan fingerprint density at radius 2 is 1.14 bits per heavy atom. The van der Waals surface area contributed by atoms with Crippen molar-refractivity contribution in [2.45, 2.75) is 62.8 Å². The molecule has 2 aliphatic rings. The number of fused-ring (bicyclic) bond motifs is 2. The molecule has 2 aliphatic heterocycles. The van der Waals surface area contributed by atoms with E-state index in [9.17, 15) is 19.8 Å². The van der Waals surface area contributed by atoms with E-state index in [2.05, 4.69) is 90.9 Å². The van der Waals surface area contributed by atoms with Gasteiger partial charge in [-0.3, -0.25) is 9.59 Å². The lowest BCUT2D eigenvalue weighted by molar-refractivity contribution is -0.145. The van der Waals surface area contributed by atoms with Gasteiger partial charge in [0.2, 0.25) is 0 Å². The number of ether oxygens (including phenoxy) is 4. The molecule has 4 atom stereocenters. The maximum absolute atomic E-state index is 12.5. The molecule has 1 amide bonds. The second-order valence-electron chi connectivity index (χ2n) is 19.6. The maximum atomic E-state index is 12.5. The number of aliphatic hydroxyl groups is 2. The van der Waals surface area contributed by atoms with Crippen LogP contribution in [0.2, 0.25) is 20.1 Å². The fraction of sp³-hybridized carbons (Fsp3) is 0.414. The molecule has 0 saturated heterocycles. The van der Waals surface area contributed by atoms with Crippen LogP contribution in [-0.4, -0.2) is 157 Å². The predicted octanol–water partition coefficient (Wildman–Crippen LogP) is 8.67. The van der Waals surface area contributed by atoms with Crippen molar-refractivity contribution >= 4 is 63.9 Å². The van der Waals surface area contributed by atoms with Crippen LogP contribution < -0.4 is 10.6 Å². The number of hydrogen-bond acceptors (Lipinski definition) is 15. The van der Waals surface area contributed by atoms with Crippen LogP contribution in [-0.2, 0) is 48.0 Å². The fourth-order valence-electron chi connectivity index (χ4n) is 9.81. The Labute approximate surface area is 475 Å². The highest BCUT2D eigenvalue weighted by atomic mass is 35.5. The Balaban J connectivity index is 0.633. The van der Waals surface area contributed by atoms with Gasteiger partial charge in [0.15, 0.2) is 11.9 Å². The van der Waals surface area contributed by atoms with Gasteiger partial charge in [-0.2, -0.15) is 0 Å². The van der Waals surface area contributed by atoms with Crippen LogP contribution in [0.1, 0.15) is 70.2 Å². The van der Waals surface area contributed by atoms with Crippen molar-refractivity contribution in [3.8, 4) is 22.5 Å². The van der Waals surface area contributed by atoms with Crippen LogP contribution >= 0.6 is 46.4 Å². The summed E-state index contributed by atoms with van der Waals surface area (Å²) < 4.78 is 22.6. The number of anilines is 1. The zero-order chi connectivity index (χ0) is 55.0. The lowest BCUT2D eigenvalue weighted by Gasteiger charge is -2.33. The number of carbonyl (C=O) groups excluding carboxylic acids is 2. The topological polar surface area (TPSA) is 194 Å². The van der Waals surface area contributed by atoms with Crippen molar-refractivity contribution in [2.24, 2.45) is 0 Å². The zero-order valence-electron chi connectivity index (χ0n) is 43.8. The Kier molecular flexibility index (Phi) is 22.2. The third-order valence-electron chi connectivity index (χ3n) is 13.7. The number of benzene rings is 4. The van der Waals surface area contributed by atoms with Crippen molar-refractivity contribution in [1.29, 1.82) is 0 Å². The lowest BCUT2D eigenvalue weighted by Crippen LogP contribution is -2.46. The highest BCUT2D eigenvalue weighted by molar-refractivity contribution is 6.35. The van der Waals surface area contributed by atoms with Crippen molar-refractivity contribution in [1.82, 2.24) is 35.1 Å². The molecule has 2 aromatic heterocycles. The summed E-state index contributed by atoms with van der Waals surface area (Å²) >= 11 is 26.1. The minimum absolute atomic E-state index is 0.0725. The number of ketones is 1. The summed E-state index contributed by atoms with van der Waals surface area (Å²) in [6, 6.07) is 28.3.